The number of benzene rings is 1. The molecule has 1 aromatic heterocycles. The zero-order valence-electron chi connectivity index (χ0n) is 20.8. The van der Waals surface area contributed by atoms with Gasteiger partial charge in [0, 0.05) is 30.7 Å². The SMILES string of the molecule is Cc1ccc([C@@H](C)Nc2cnc(C#N)c(N3CC([C@H]4CCCN(C5CC(C(=O)O)C5)C4)C3)n2)c(Cl)c1. The number of nitrogens with one attached hydrogen (secondary N) is 1. The van der Waals surface area contributed by atoms with E-state index in [9.17, 15) is 15.2 Å². The number of rotatable bonds is 7. The number of aliphatic carboxylic acids is 1. The van der Waals surface area contributed by atoms with E-state index in [1.165, 1.54) is 6.42 Å². The van der Waals surface area contributed by atoms with E-state index in [1.807, 2.05) is 32.0 Å². The number of carboxylic acid groups (broad SMARTS) is 1. The second-order valence-electron chi connectivity index (χ2n) is 10.7. The number of piperidine rings is 1. The highest BCUT2D eigenvalue weighted by Crippen LogP contribution is 2.39. The summed E-state index contributed by atoms with van der Waals surface area (Å²) in [5.74, 6) is 1.59. The second-order valence-corrected chi connectivity index (χ2v) is 11.1. The fourth-order valence-corrected chi connectivity index (χ4v) is 6.26. The second kappa shape index (κ2) is 10.2. The summed E-state index contributed by atoms with van der Waals surface area (Å²) in [6.07, 6.45) is 5.55. The molecule has 0 unspecified atom stereocenters. The number of likely N-dealkylation sites (tertiary alicyclic amines) is 1. The molecule has 3 heterocycles. The van der Waals surface area contributed by atoms with E-state index < -0.39 is 5.97 Å². The molecule has 2 saturated heterocycles. The number of hydrogen-bond donors (Lipinski definition) is 2. The maximum atomic E-state index is 11.2. The van der Waals surface area contributed by atoms with Crippen molar-refractivity contribution in [2.24, 2.45) is 17.8 Å². The van der Waals surface area contributed by atoms with Gasteiger partial charge < -0.3 is 20.2 Å². The first-order chi connectivity index (χ1) is 17.3. The van der Waals surface area contributed by atoms with Crippen LogP contribution in [0.2, 0.25) is 5.02 Å². The molecule has 36 heavy (non-hydrogen) atoms. The van der Waals surface area contributed by atoms with Crippen LogP contribution in [0.5, 0.6) is 0 Å². The molecule has 2 aliphatic heterocycles. The number of carboxylic acids is 1. The van der Waals surface area contributed by atoms with Crippen molar-refractivity contribution < 1.29 is 9.90 Å². The largest absolute Gasteiger partial charge is 0.481 e. The molecule has 1 aliphatic carbocycles. The summed E-state index contributed by atoms with van der Waals surface area (Å²) in [5, 5.41) is 22.9. The molecule has 2 atom stereocenters. The van der Waals surface area contributed by atoms with Crippen molar-refractivity contribution in [3.05, 3.63) is 46.2 Å². The zero-order chi connectivity index (χ0) is 25.4. The fraction of sp³-hybridized carbons (Fsp3) is 0.556. The van der Waals surface area contributed by atoms with Crippen LogP contribution < -0.4 is 10.2 Å². The third-order valence-electron chi connectivity index (χ3n) is 8.19. The molecule has 2 N–H and O–H groups in total. The molecule has 0 radical (unpaired) electrons. The molecule has 3 aliphatic rings. The highest BCUT2D eigenvalue weighted by atomic mass is 35.5. The van der Waals surface area contributed by atoms with Crippen LogP contribution in [0.25, 0.3) is 0 Å². The lowest BCUT2D eigenvalue weighted by Crippen LogP contribution is -2.56. The van der Waals surface area contributed by atoms with E-state index in [4.69, 9.17) is 16.6 Å². The Hall–Kier alpha value is -2.89. The first-order valence-electron chi connectivity index (χ1n) is 12.8. The van der Waals surface area contributed by atoms with E-state index in [0.717, 1.165) is 56.6 Å². The van der Waals surface area contributed by atoms with Gasteiger partial charge in [-0.1, -0.05) is 23.7 Å². The van der Waals surface area contributed by atoms with Crippen LogP contribution in [0.1, 0.15) is 55.5 Å². The number of halogens is 1. The van der Waals surface area contributed by atoms with Crippen molar-refractivity contribution in [1.29, 1.82) is 5.26 Å². The molecular weight excluding hydrogens is 476 g/mol. The molecule has 5 rings (SSSR count). The smallest absolute Gasteiger partial charge is 0.306 e. The summed E-state index contributed by atoms with van der Waals surface area (Å²) < 4.78 is 0. The Morgan fingerprint density at radius 2 is 2.06 bits per heavy atom. The van der Waals surface area contributed by atoms with Gasteiger partial charge in [-0.05, 0) is 75.1 Å². The third-order valence-corrected chi connectivity index (χ3v) is 8.52. The van der Waals surface area contributed by atoms with Crippen LogP contribution >= 0.6 is 11.6 Å². The van der Waals surface area contributed by atoms with Gasteiger partial charge in [0.05, 0.1) is 18.2 Å². The lowest BCUT2D eigenvalue weighted by atomic mass is 9.76. The summed E-state index contributed by atoms with van der Waals surface area (Å²) in [7, 11) is 0. The minimum atomic E-state index is -0.656. The molecular formula is C27H33ClN6O2. The third kappa shape index (κ3) is 5.00. The van der Waals surface area contributed by atoms with Gasteiger partial charge in [0.25, 0.3) is 0 Å². The molecule has 190 valence electrons. The zero-order valence-corrected chi connectivity index (χ0v) is 21.6. The summed E-state index contributed by atoms with van der Waals surface area (Å²) in [6, 6.07) is 8.57. The summed E-state index contributed by atoms with van der Waals surface area (Å²) in [4.78, 5) is 25.0. The van der Waals surface area contributed by atoms with Crippen LogP contribution in [0.3, 0.4) is 0 Å². The predicted octanol–water partition coefficient (Wildman–Crippen LogP) is 4.49. The first kappa shape index (κ1) is 24.8. The molecule has 0 bridgehead atoms. The number of aromatic nitrogens is 2. The Morgan fingerprint density at radius 1 is 1.28 bits per heavy atom. The Labute approximate surface area is 217 Å². The molecule has 3 fully saturated rings. The average molecular weight is 509 g/mol. The number of carbonyl (C=O) groups is 1. The molecule has 2 aromatic rings. The molecule has 0 spiro atoms. The van der Waals surface area contributed by atoms with Gasteiger partial charge in [-0.15, -0.1) is 0 Å². The van der Waals surface area contributed by atoms with E-state index in [-0.39, 0.29) is 12.0 Å². The Bertz CT molecular complexity index is 1170. The number of anilines is 2. The molecule has 0 amide bonds. The normalized spacial score (nSPS) is 25.4. The molecule has 9 heteroatoms. The number of aryl methyl sites for hydroxylation is 1. The summed E-state index contributed by atoms with van der Waals surface area (Å²) in [6.45, 7) is 7.90. The monoisotopic (exact) mass is 508 g/mol. The molecule has 1 saturated carbocycles. The van der Waals surface area contributed by atoms with Gasteiger partial charge >= 0.3 is 5.97 Å². The Kier molecular flexibility index (Phi) is 7.05. The lowest BCUT2D eigenvalue weighted by molar-refractivity contribution is -0.147. The van der Waals surface area contributed by atoms with Crippen LogP contribution in [-0.4, -0.2) is 58.2 Å². The molecule has 8 nitrogen and oxygen atoms in total. The van der Waals surface area contributed by atoms with Gasteiger partial charge in [-0.25, -0.2) is 9.97 Å². The van der Waals surface area contributed by atoms with E-state index in [0.29, 0.717) is 40.2 Å². The van der Waals surface area contributed by atoms with Crippen molar-refractivity contribution in [2.75, 3.05) is 36.4 Å². The van der Waals surface area contributed by atoms with Gasteiger partial charge in [-0.3, -0.25) is 4.79 Å². The number of nitrogens with zero attached hydrogens (tertiary/aromatic N) is 5. The van der Waals surface area contributed by atoms with Crippen molar-refractivity contribution >= 4 is 29.2 Å². The number of nitriles is 1. The van der Waals surface area contributed by atoms with Crippen molar-refractivity contribution in [1.82, 2.24) is 14.9 Å². The van der Waals surface area contributed by atoms with E-state index >= 15 is 0 Å². The quantitative estimate of drug-likeness (QED) is 0.563. The van der Waals surface area contributed by atoms with Gasteiger partial charge in [0.1, 0.15) is 11.9 Å². The van der Waals surface area contributed by atoms with Crippen LogP contribution in [-0.2, 0) is 4.79 Å². The Morgan fingerprint density at radius 3 is 2.75 bits per heavy atom. The van der Waals surface area contributed by atoms with Gasteiger partial charge in [-0.2, -0.15) is 5.26 Å². The van der Waals surface area contributed by atoms with E-state index in [1.54, 1.807) is 6.20 Å². The van der Waals surface area contributed by atoms with Gasteiger partial charge in [0.15, 0.2) is 11.5 Å². The standard InChI is InChI=1S/C27H33ClN6O2/c1-16-5-6-22(23(28)8-16)17(2)31-25-12-30-24(11-29)26(32-25)34-14-20(15-34)18-4-3-7-33(13-18)21-9-19(10-21)27(35)36/h5-6,8,12,17-21H,3-4,7,9-10,13-15H2,1-2H3,(H,31,32)(H,35,36)/t17-,18+,19?,21?/m1/s1. The number of hydrogen-bond acceptors (Lipinski definition) is 7. The summed E-state index contributed by atoms with van der Waals surface area (Å²) >= 11 is 6.45. The minimum absolute atomic E-state index is 0.0576. The van der Waals surface area contributed by atoms with Gasteiger partial charge in [0.2, 0.25) is 0 Å². The van der Waals surface area contributed by atoms with E-state index in [2.05, 4.69) is 26.2 Å². The first-order valence-corrected chi connectivity index (χ1v) is 13.2. The van der Waals surface area contributed by atoms with Crippen LogP contribution in [0.15, 0.2) is 24.4 Å². The average Bonchev–Trinajstić information content (AvgIpc) is 2.77. The minimum Gasteiger partial charge on any atom is -0.481 e. The maximum Gasteiger partial charge on any atom is 0.306 e. The van der Waals surface area contributed by atoms with Crippen LogP contribution in [0.4, 0.5) is 11.6 Å². The van der Waals surface area contributed by atoms with Crippen molar-refractivity contribution in [3.63, 3.8) is 0 Å². The Balaban J connectivity index is 1.20. The van der Waals surface area contributed by atoms with Crippen molar-refractivity contribution in [2.45, 2.75) is 51.6 Å². The van der Waals surface area contributed by atoms with Crippen molar-refractivity contribution in [3.8, 4) is 6.07 Å². The fourth-order valence-electron chi connectivity index (χ4n) is 5.86. The van der Waals surface area contributed by atoms with Crippen LogP contribution in [0, 0.1) is 36.0 Å². The maximum absolute atomic E-state index is 11.2. The predicted molar refractivity (Wildman–Crippen MR) is 139 cm³/mol. The highest BCUT2D eigenvalue weighted by Gasteiger charge is 2.42. The topological polar surface area (TPSA) is 105 Å². The lowest BCUT2D eigenvalue weighted by Gasteiger charge is -2.50. The molecule has 1 aromatic carbocycles. The highest BCUT2D eigenvalue weighted by molar-refractivity contribution is 6.31. The summed E-state index contributed by atoms with van der Waals surface area (Å²) in [5.41, 5.74) is 2.45.